The molecule has 0 spiro atoms. The van der Waals surface area contributed by atoms with E-state index in [0.717, 1.165) is 23.7 Å². The van der Waals surface area contributed by atoms with Crippen LogP contribution in [-0.2, 0) is 4.74 Å². The minimum Gasteiger partial charge on any atom is -0.373 e. The summed E-state index contributed by atoms with van der Waals surface area (Å²) in [6.45, 7) is 0. The van der Waals surface area contributed by atoms with Crippen LogP contribution in [0.25, 0.3) is 10.9 Å². The molecule has 1 aliphatic carbocycles. The first-order chi connectivity index (χ1) is 8.79. The van der Waals surface area contributed by atoms with Crippen LogP contribution < -0.4 is 0 Å². The minimum absolute atomic E-state index is 0.0764. The number of methoxy groups -OCH3 is 1. The monoisotopic (exact) mass is 241 g/mol. The van der Waals surface area contributed by atoms with Crippen LogP contribution in [0.5, 0.6) is 0 Å². The second-order valence-corrected chi connectivity index (χ2v) is 4.77. The summed E-state index contributed by atoms with van der Waals surface area (Å²) in [4.78, 5) is 16.6. The Morgan fingerprint density at radius 3 is 2.94 bits per heavy atom. The van der Waals surface area contributed by atoms with E-state index in [-0.39, 0.29) is 11.9 Å². The van der Waals surface area contributed by atoms with Crippen molar-refractivity contribution in [2.45, 2.75) is 18.9 Å². The molecule has 2 aromatic rings. The number of fused-ring (bicyclic) bond motifs is 1. The molecule has 3 rings (SSSR count). The van der Waals surface area contributed by atoms with Crippen molar-refractivity contribution >= 4 is 16.7 Å². The number of hydrogen-bond acceptors (Lipinski definition) is 3. The van der Waals surface area contributed by atoms with E-state index in [1.807, 2.05) is 30.3 Å². The lowest BCUT2D eigenvalue weighted by atomic mass is 10.0. The van der Waals surface area contributed by atoms with E-state index in [9.17, 15) is 4.79 Å². The highest BCUT2D eigenvalue weighted by molar-refractivity contribution is 6.02. The third kappa shape index (κ3) is 2.02. The molecule has 1 fully saturated rings. The van der Waals surface area contributed by atoms with Crippen molar-refractivity contribution in [1.29, 1.82) is 0 Å². The van der Waals surface area contributed by atoms with Gasteiger partial charge in [0.1, 0.15) is 6.10 Å². The second kappa shape index (κ2) is 4.50. The Kier molecular flexibility index (Phi) is 2.84. The molecule has 0 saturated heterocycles. The fourth-order valence-corrected chi connectivity index (χ4v) is 2.30. The fourth-order valence-electron chi connectivity index (χ4n) is 2.30. The molecule has 0 bridgehead atoms. The Bertz CT molecular complexity index is 590. The molecule has 3 nitrogen and oxygen atoms in total. The Labute approximate surface area is 106 Å². The lowest BCUT2D eigenvalue weighted by molar-refractivity contribution is 0.0540. The lowest BCUT2D eigenvalue weighted by Crippen LogP contribution is -2.25. The fraction of sp³-hybridized carbons (Fsp3) is 0.333. The number of ether oxygens (including phenoxy) is 1. The van der Waals surface area contributed by atoms with E-state index in [4.69, 9.17) is 4.74 Å². The van der Waals surface area contributed by atoms with Gasteiger partial charge in [0, 0.05) is 24.3 Å². The molecule has 1 aliphatic rings. The summed E-state index contributed by atoms with van der Waals surface area (Å²) in [6, 6.07) is 9.54. The predicted molar refractivity (Wildman–Crippen MR) is 69.6 cm³/mol. The van der Waals surface area contributed by atoms with Gasteiger partial charge in [-0.2, -0.15) is 0 Å². The average Bonchev–Trinajstić information content (AvgIpc) is 3.23. The largest absolute Gasteiger partial charge is 0.373 e. The number of Topliss-reactive ketones (excluding diaryl/α,β-unsaturated/α-hetero) is 1. The number of carbonyl (C=O) groups excluding carboxylic acids is 1. The van der Waals surface area contributed by atoms with Gasteiger partial charge < -0.3 is 4.74 Å². The Morgan fingerprint density at radius 2 is 2.22 bits per heavy atom. The molecule has 3 heteroatoms. The van der Waals surface area contributed by atoms with Crippen LogP contribution in [0.15, 0.2) is 36.5 Å². The van der Waals surface area contributed by atoms with E-state index in [0.29, 0.717) is 11.5 Å². The van der Waals surface area contributed by atoms with Crippen molar-refractivity contribution in [3.63, 3.8) is 0 Å². The summed E-state index contributed by atoms with van der Waals surface area (Å²) >= 11 is 0. The molecule has 1 atom stereocenters. The number of benzene rings is 1. The lowest BCUT2D eigenvalue weighted by Gasteiger charge is -2.13. The van der Waals surface area contributed by atoms with Crippen LogP contribution in [0.2, 0.25) is 0 Å². The summed E-state index contributed by atoms with van der Waals surface area (Å²) in [7, 11) is 1.61. The van der Waals surface area contributed by atoms with Crippen molar-refractivity contribution in [2.24, 2.45) is 5.92 Å². The van der Waals surface area contributed by atoms with Gasteiger partial charge in [0.05, 0.1) is 5.52 Å². The molecule has 0 N–H and O–H groups in total. The predicted octanol–water partition coefficient (Wildman–Crippen LogP) is 2.84. The molecule has 1 saturated carbocycles. The van der Waals surface area contributed by atoms with Gasteiger partial charge in [-0.1, -0.05) is 18.2 Å². The summed E-state index contributed by atoms with van der Waals surface area (Å²) in [5.41, 5.74) is 1.55. The Balaban J connectivity index is 1.95. The number of pyridine rings is 1. The van der Waals surface area contributed by atoms with Crippen molar-refractivity contribution in [2.75, 3.05) is 7.11 Å². The van der Waals surface area contributed by atoms with Gasteiger partial charge in [0.2, 0.25) is 0 Å². The van der Waals surface area contributed by atoms with Gasteiger partial charge in [-0.3, -0.25) is 9.78 Å². The molecular formula is C15H15NO2. The van der Waals surface area contributed by atoms with Crippen LogP contribution in [0.3, 0.4) is 0 Å². The standard InChI is InChI=1S/C15H15NO2/c1-18-15(11-5-6-11)14(17)12-7-4-10-3-2-8-16-13(10)9-12/h2-4,7-9,11,15H,5-6H2,1H3. The first-order valence-electron chi connectivity index (χ1n) is 6.21. The van der Waals surface area contributed by atoms with Gasteiger partial charge in [-0.15, -0.1) is 0 Å². The summed E-state index contributed by atoms with van der Waals surface area (Å²) < 4.78 is 5.33. The highest BCUT2D eigenvalue weighted by Gasteiger charge is 2.36. The maximum absolute atomic E-state index is 12.3. The van der Waals surface area contributed by atoms with Gasteiger partial charge in [-0.05, 0) is 30.9 Å². The maximum Gasteiger partial charge on any atom is 0.191 e. The molecule has 1 aromatic carbocycles. The summed E-state index contributed by atoms with van der Waals surface area (Å²) in [5, 5.41) is 1.05. The number of ketones is 1. The van der Waals surface area contributed by atoms with Crippen molar-refractivity contribution in [3.05, 3.63) is 42.1 Å². The molecular weight excluding hydrogens is 226 g/mol. The zero-order valence-corrected chi connectivity index (χ0v) is 10.3. The molecule has 1 aromatic heterocycles. The third-order valence-corrected chi connectivity index (χ3v) is 3.45. The van der Waals surface area contributed by atoms with Crippen molar-refractivity contribution in [1.82, 2.24) is 4.98 Å². The third-order valence-electron chi connectivity index (χ3n) is 3.45. The molecule has 0 radical (unpaired) electrons. The molecule has 1 heterocycles. The van der Waals surface area contributed by atoms with Gasteiger partial charge in [-0.25, -0.2) is 0 Å². The van der Waals surface area contributed by atoms with Gasteiger partial charge in [0.15, 0.2) is 5.78 Å². The Hall–Kier alpha value is -1.74. The Morgan fingerprint density at radius 1 is 1.39 bits per heavy atom. The van der Waals surface area contributed by atoms with Crippen LogP contribution in [0.1, 0.15) is 23.2 Å². The van der Waals surface area contributed by atoms with Crippen LogP contribution in [-0.4, -0.2) is 24.0 Å². The van der Waals surface area contributed by atoms with E-state index < -0.39 is 0 Å². The van der Waals surface area contributed by atoms with Gasteiger partial charge in [0.25, 0.3) is 0 Å². The molecule has 1 unspecified atom stereocenters. The van der Waals surface area contributed by atoms with Crippen LogP contribution in [0, 0.1) is 5.92 Å². The van der Waals surface area contributed by atoms with Crippen LogP contribution in [0.4, 0.5) is 0 Å². The summed E-state index contributed by atoms with van der Waals surface area (Å²) in [5.74, 6) is 0.481. The first kappa shape index (κ1) is 11.4. The smallest absolute Gasteiger partial charge is 0.191 e. The van der Waals surface area contributed by atoms with E-state index in [1.165, 1.54) is 0 Å². The topological polar surface area (TPSA) is 39.2 Å². The number of nitrogens with zero attached hydrogens (tertiary/aromatic N) is 1. The van der Waals surface area contributed by atoms with Gasteiger partial charge >= 0.3 is 0 Å². The first-order valence-corrected chi connectivity index (χ1v) is 6.21. The zero-order valence-electron chi connectivity index (χ0n) is 10.3. The van der Waals surface area contributed by atoms with Crippen molar-refractivity contribution in [3.8, 4) is 0 Å². The average molecular weight is 241 g/mol. The molecule has 18 heavy (non-hydrogen) atoms. The van der Waals surface area contributed by atoms with E-state index in [1.54, 1.807) is 13.3 Å². The molecule has 0 amide bonds. The molecule has 92 valence electrons. The number of rotatable bonds is 4. The van der Waals surface area contributed by atoms with E-state index in [2.05, 4.69) is 4.98 Å². The number of aromatic nitrogens is 1. The van der Waals surface area contributed by atoms with Crippen molar-refractivity contribution < 1.29 is 9.53 Å². The number of carbonyl (C=O) groups is 1. The highest BCUT2D eigenvalue weighted by Crippen LogP contribution is 2.35. The van der Waals surface area contributed by atoms with Crippen LogP contribution >= 0.6 is 0 Å². The second-order valence-electron chi connectivity index (χ2n) is 4.77. The summed E-state index contributed by atoms with van der Waals surface area (Å²) in [6.07, 6.45) is 3.64. The zero-order chi connectivity index (χ0) is 12.5. The molecule has 0 aliphatic heterocycles. The normalized spacial score (nSPS) is 16.7. The SMILES string of the molecule is COC(C(=O)c1ccc2cccnc2c1)C1CC1. The number of hydrogen-bond donors (Lipinski definition) is 0. The quantitative estimate of drug-likeness (QED) is 0.773. The highest BCUT2D eigenvalue weighted by atomic mass is 16.5. The minimum atomic E-state index is -0.286. The van der Waals surface area contributed by atoms with E-state index >= 15 is 0 Å². The maximum atomic E-state index is 12.3.